The maximum Gasteiger partial charge on any atom is 0.305 e. The highest BCUT2D eigenvalue weighted by Crippen LogP contribution is 1.97. The number of carbonyl (C=O) groups excluding carboxylic acids is 3. The monoisotopic (exact) mass is 277 g/mol. The van der Waals surface area contributed by atoms with Gasteiger partial charge in [0.1, 0.15) is 13.2 Å². The van der Waals surface area contributed by atoms with Gasteiger partial charge in [0.05, 0.1) is 13.1 Å². The summed E-state index contributed by atoms with van der Waals surface area (Å²) in [5.74, 6) is -0.641. The smallest absolute Gasteiger partial charge is 0.305 e. The first kappa shape index (κ1) is 16.8. The second kappa shape index (κ2) is 9.76. The highest BCUT2D eigenvalue weighted by atomic mass is 32.1. The van der Waals surface area contributed by atoms with Crippen LogP contribution in [-0.2, 0) is 19.1 Å². The Kier molecular flexibility index (Phi) is 9.08. The van der Waals surface area contributed by atoms with Crippen molar-refractivity contribution in [2.24, 2.45) is 0 Å². The molecule has 6 nitrogen and oxygen atoms in total. The third-order valence-corrected chi connectivity index (χ3v) is 2.38. The highest BCUT2D eigenvalue weighted by molar-refractivity contribution is 7.96. The SMILES string of the molecule is CCC(=O)OCCN(CCOC(=O)CC)C(=O)S. The molecule has 0 bridgehead atoms. The largest absolute Gasteiger partial charge is 0.464 e. The van der Waals surface area contributed by atoms with E-state index in [0.29, 0.717) is 12.8 Å². The van der Waals surface area contributed by atoms with Gasteiger partial charge in [-0.3, -0.25) is 14.4 Å². The van der Waals surface area contributed by atoms with Crippen LogP contribution < -0.4 is 0 Å². The summed E-state index contributed by atoms with van der Waals surface area (Å²) in [6.07, 6.45) is 0.589. The number of thiol groups is 1. The standard InChI is InChI=1S/C11H19NO5S/c1-3-9(13)16-7-5-12(11(15)18)6-8-17-10(14)4-2/h3-8H2,1-2H3,(H,15,18). The Labute approximate surface area is 112 Å². The van der Waals surface area contributed by atoms with Crippen molar-refractivity contribution >= 4 is 29.8 Å². The Bertz CT molecular complexity index is 273. The Hall–Kier alpha value is -1.24. The molecule has 0 heterocycles. The molecule has 0 aliphatic rings. The summed E-state index contributed by atoms with van der Waals surface area (Å²) < 4.78 is 9.69. The fourth-order valence-electron chi connectivity index (χ4n) is 1.05. The summed E-state index contributed by atoms with van der Waals surface area (Å²) in [5.41, 5.74) is 0. The first-order chi connectivity index (χ1) is 8.51. The molecule has 0 fully saturated rings. The van der Waals surface area contributed by atoms with E-state index < -0.39 is 5.24 Å². The van der Waals surface area contributed by atoms with Gasteiger partial charge in [-0.1, -0.05) is 26.5 Å². The van der Waals surface area contributed by atoms with E-state index in [4.69, 9.17) is 9.47 Å². The van der Waals surface area contributed by atoms with E-state index in [1.165, 1.54) is 4.90 Å². The lowest BCUT2D eigenvalue weighted by molar-refractivity contribution is -0.143. The van der Waals surface area contributed by atoms with Crippen molar-refractivity contribution in [2.75, 3.05) is 26.3 Å². The molecule has 0 spiro atoms. The predicted molar refractivity (Wildman–Crippen MR) is 68.5 cm³/mol. The van der Waals surface area contributed by atoms with Crippen LogP contribution in [0.3, 0.4) is 0 Å². The van der Waals surface area contributed by atoms with Crippen LogP contribution in [0.2, 0.25) is 0 Å². The number of carbonyl (C=O) groups is 3. The van der Waals surface area contributed by atoms with Crippen molar-refractivity contribution in [3.8, 4) is 0 Å². The van der Waals surface area contributed by atoms with Crippen LogP contribution in [0.15, 0.2) is 0 Å². The second-order valence-electron chi connectivity index (χ2n) is 3.42. The molecule has 0 aromatic carbocycles. The number of amides is 1. The van der Waals surface area contributed by atoms with Crippen molar-refractivity contribution in [3.05, 3.63) is 0 Å². The van der Waals surface area contributed by atoms with Crippen molar-refractivity contribution in [1.29, 1.82) is 0 Å². The summed E-state index contributed by atoms with van der Waals surface area (Å²) in [6.45, 7) is 4.07. The summed E-state index contributed by atoms with van der Waals surface area (Å²) >= 11 is 3.69. The maximum atomic E-state index is 11.1. The number of hydrogen-bond donors (Lipinski definition) is 1. The van der Waals surface area contributed by atoms with Crippen LogP contribution in [0, 0.1) is 0 Å². The minimum atomic E-state index is -0.449. The lowest BCUT2D eigenvalue weighted by Gasteiger charge is -2.19. The molecule has 1 amide bonds. The van der Waals surface area contributed by atoms with Gasteiger partial charge in [0.2, 0.25) is 0 Å². The van der Waals surface area contributed by atoms with Gasteiger partial charge in [0.15, 0.2) is 0 Å². The molecule has 0 aromatic heterocycles. The maximum absolute atomic E-state index is 11.1. The summed E-state index contributed by atoms with van der Waals surface area (Å²) in [7, 11) is 0. The fourth-order valence-corrected chi connectivity index (χ4v) is 1.25. The summed E-state index contributed by atoms with van der Waals surface area (Å²) in [5, 5.41) is -0.449. The summed E-state index contributed by atoms with van der Waals surface area (Å²) in [4.78, 5) is 34.3. The zero-order valence-corrected chi connectivity index (χ0v) is 11.6. The van der Waals surface area contributed by atoms with Gasteiger partial charge < -0.3 is 14.4 Å². The van der Waals surface area contributed by atoms with Crippen LogP contribution in [0.5, 0.6) is 0 Å². The van der Waals surface area contributed by atoms with E-state index in [1.807, 2.05) is 0 Å². The molecule has 104 valence electrons. The molecule has 0 rings (SSSR count). The van der Waals surface area contributed by atoms with Crippen molar-refractivity contribution in [2.45, 2.75) is 26.7 Å². The van der Waals surface area contributed by atoms with Crippen LogP contribution >= 0.6 is 12.6 Å². The second-order valence-corrected chi connectivity index (χ2v) is 3.80. The number of rotatable bonds is 8. The molecule has 0 aromatic rings. The van der Waals surface area contributed by atoms with Crippen LogP contribution in [0.1, 0.15) is 26.7 Å². The minimum Gasteiger partial charge on any atom is -0.464 e. The van der Waals surface area contributed by atoms with E-state index in [-0.39, 0.29) is 38.2 Å². The van der Waals surface area contributed by atoms with Crippen molar-refractivity contribution in [3.63, 3.8) is 0 Å². The van der Waals surface area contributed by atoms with Crippen LogP contribution in [0.4, 0.5) is 4.79 Å². The molecule has 0 aliphatic carbocycles. The first-order valence-electron chi connectivity index (χ1n) is 5.80. The Balaban J connectivity index is 3.89. The van der Waals surface area contributed by atoms with E-state index in [9.17, 15) is 14.4 Å². The summed E-state index contributed by atoms with van der Waals surface area (Å²) in [6, 6.07) is 0. The Morgan fingerprint density at radius 3 is 1.61 bits per heavy atom. The quantitative estimate of drug-likeness (QED) is 0.534. The lowest BCUT2D eigenvalue weighted by atomic mass is 10.5. The van der Waals surface area contributed by atoms with E-state index in [0.717, 1.165) is 0 Å². The highest BCUT2D eigenvalue weighted by Gasteiger charge is 2.11. The van der Waals surface area contributed by atoms with E-state index in [2.05, 4.69) is 12.6 Å². The molecule has 0 unspecified atom stereocenters. The number of ether oxygens (including phenoxy) is 2. The minimum absolute atomic E-state index is 0.112. The zero-order chi connectivity index (χ0) is 14.0. The molecule has 0 atom stereocenters. The molecule has 7 heteroatoms. The lowest BCUT2D eigenvalue weighted by Crippen LogP contribution is -2.34. The molecule has 0 saturated heterocycles. The molecule has 0 N–H and O–H groups in total. The molecule has 0 aliphatic heterocycles. The third-order valence-electron chi connectivity index (χ3n) is 2.10. The van der Waals surface area contributed by atoms with Gasteiger partial charge in [0.25, 0.3) is 5.24 Å². The molecule has 0 radical (unpaired) electrons. The fraction of sp³-hybridized carbons (Fsp3) is 0.727. The number of hydrogen-bond acceptors (Lipinski definition) is 5. The molecular weight excluding hydrogens is 258 g/mol. The van der Waals surface area contributed by atoms with Crippen LogP contribution in [-0.4, -0.2) is 48.4 Å². The number of nitrogens with zero attached hydrogens (tertiary/aromatic N) is 1. The topological polar surface area (TPSA) is 72.9 Å². The van der Waals surface area contributed by atoms with Gasteiger partial charge in [0, 0.05) is 12.8 Å². The zero-order valence-electron chi connectivity index (χ0n) is 10.7. The van der Waals surface area contributed by atoms with Crippen molar-refractivity contribution < 1.29 is 23.9 Å². The van der Waals surface area contributed by atoms with Gasteiger partial charge in [-0.15, -0.1) is 0 Å². The molecular formula is C11H19NO5S. The van der Waals surface area contributed by atoms with Crippen LogP contribution in [0.25, 0.3) is 0 Å². The van der Waals surface area contributed by atoms with E-state index >= 15 is 0 Å². The Morgan fingerprint density at radius 2 is 1.33 bits per heavy atom. The average Bonchev–Trinajstić information content (AvgIpc) is 2.35. The first-order valence-corrected chi connectivity index (χ1v) is 6.25. The van der Waals surface area contributed by atoms with Gasteiger partial charge >= 0.3 is 11.9 Å². The van der Waals surface area contributed by atoms with Gasteiger partial charge in [-0.2, -0.15) is 0 Å². The molecule has 0 saturated carbocycles. The number of esters is 2. The Morgan fingerprint density at radius 1 is 0.944 bits per heavy atom. The predicted octanol–water partition coefficient (Wildman–Crippen LogP) is 1.24. The third kappa shape index (κ3) is 7.94. The van der Waals surface area contributed by atoms with Gasteiger partial charge in [-0.05, 0) is 0 Å². The van der Waals surface area contributed by atoms with E-state index in [1.54, 1.807) is 13.8 Å². The normalized spacial score (nSPS) is 9.72. The average molecular weight is 277 g/mol. The van der Waals surface area contributed by atoms with Crippen molar-refractivity contribution in [1.82, 2.24) is 4.90 Å². The molecule has 18 heavy (non-hydrogen) atoms. The van der Waals surface area contributed by atoms with Gasteiger partial charge in [-0.25, -0.2) is 0 Å².